The van der Waals surface area contributed by atoms with Gasteiger partial charge in [-0.1, -0.05) is 6.07 Å². The molecule has 0 aliphatic carbocycles. The lowest BCUT2D eigenvalue weighted by Crippen LogP contribution is -2.10. The Morgan fingerprint density at radius 3 is 2.73 bits per heavy atom. The Kier molecular flexibility index (Phi) is 6.08. The van der Waals surface area contributed by atoms with Crippen molar-refractivity contribution < 1.29 is 19.0 Å². The standard InChI is InChI=1S/C21H19N5O4/c1-13-19(18(12-28-3)21(27)29-4)20(25-14(2)24-13)30-17-10-23-26(11-17)16-7-5-6-15(8-16)9-22/h5-8,10-12H,1-4H3/b18-12-. The monoisotopic (exact) mass is 405 g/mol. The van der Waals surface area contributed by atoms with Gasteiger partial charge in [-0.2, -0.15) is 15.3 Å². The molecular weight excluding hydrogens is 386 g/mol. The molecule has 30 heavy (non-hydrogen) atoms. The molecule has 0 bridgehead atoms. The summed E-state index contributed by atoms with van der Waals surface area (Å²) in [6.45, 7) is 3.46. The van der Waals surface area contributed by atoms with Gasteiger partial charge in [-0.25, -0.2) is 14.5 Å². The van der Waals surface area contributed by atoms with Crippen LogP contribution in [0.15, 0.2) is 42.9 Å². The maximum absolute atomic E-state index is 12.3. The predicted octanol–water partition coefficient (Wildman–Crippen LogP) is 3.10. The highest BCUT2D eigenvalue weighted by molar-refractivity contribution is 6.17. The topological polar surface area (TPSA) is 112 Å². The number of nitrogens with zero attached hydrogens (tertiary/aromatic N) is 5. The zero-order valence-corrected chi connectivity index (χ0v) is 16.9. The summed E-state index contributed by atoms with van der Waals surface area (Å²) < 4.78 is 17.4. The van der Waals surface area contributed by atoms with Crippen LogP contribution < -0.4 is 4.74 Å². The van der Waals surface area contributed by atoms with Gasteiger partial charge in [0.25, 0.3) is 0 Å². The molecule has 9 heteroatoms. The minimum Gasteiger partial charge on any atom is -0.503 e. The van der Waals surface area contributed by atoms with Crippen LogP contribution in [0.1, 0.15) is 22.6 Å². The van der Waals surface area contributed by atoms with Crippen molar-refractivity contribution in [3.63, 3.8) is 0 Å². The van der Waals surface area contributed by atoms with E-state index in [4.69, 9.17) is 19.5 Å². The lowest BCUT2D eigenvalue weighted by molar-refractivity contribution is -0.133. The Morgan fingerprint density at radius 2 is 2.03 bits per heavy atom. The van der Waals surface area contributed by atoms with Crippen LogP contribution in [0.5, 0.6) is 11.6 Å². The number of ether oxygens (including phenoxy) is 3. The molecule has 9 nitrogen and oxygen atoms in total. The first-order chi connectivity index (χ1) is 14.5. The fourth-order valence-electron chi connectivity index (χ4n) is 2.83. The van der Waals surface area contributed by atoms with Gasteiger partial charge in [0.2, 0.25) is 5.88 Å². The van der Waals surface area contributed by atoms with Crippen LogP contribution in [0.2, 0.25) is 0 Å². The van der Waals surface area contributed by atoms with Crippen LogP contribution in [-0.4, -0.2) is 39.9 Å². The second-order valence-corrected chi connectivity index (χ2v) is 6.18. The maximum atomic E-state index is 12.3. The smallest absolute Gasteiger partial charge is 0.341 e. The lowest BCUT2D eigenvalue weighted by atomic mass is 10.1. The van der Waals surface area contributed by atoms with Crippen LogP contribution in [-0.2, 0) is 14.3 Å². The molecule has 0 spiro atoms. The van der Waals surface area contributed by atoms with Gasteiger partial charge in [-0.3, -0.25) is 0 Å². The third-order valence-electron chi connectivity index (χ3n) is 4.09. The van der Waals surface area contributed by atoms with E-state index in [1.807, 2.05) is 6.07 Å². The van der Waals surface area contributed by atoms with Gasteiger partial charge < -0.3 is 14.2 Å². The van der Waals surface area contributed by atoms with E-state index in [-0.39, 0.29) is 11.5 Å². The second-order valence-electron chi connectivity index (χ2n) is 6.18. The van der Waals surface area contributed by atoms with Gasteiger partial charge in [0.05, 0.1) is 61.5 Å². The van der Waals surface area contributed by atoms with Crippen molar-refractivity contribution in [1.29, 1.82) is 5.26 Å². The van der Waals surface area contributed by atoms with Crippen molar-refractivity contribution in [3.05, 3.63) is 65.6 Å². The van der Waals surface area contributed by atoms with Crippen molar-refractivity contribution in [2.45, 2.75) is 13.8 Å². The summed E-state index contributed by atoms with van der Waals surface area (Å²) in [5, 5.41) is 13.4. The summed E-state index contributed by atoms with van der Waals surface area (Å²) in [6, 6.07) is 9.09. The van der Waals surface area contributed by atoms with Gasteiger partial charge in [0.1, 0.15) is 11.4 Å². The molecule has 3 rings (SSSR count). The van der Waals surface area contributed by atoms with Gasteiger partial charge in [0, 0.05) is 0 Å². The number of hydrogen-bond acceptors (Lipinski definition) is 8. The third kappa shape index (κ3) is 4.28. The van der Waals surface area contributed by atoms with E-state index in [0.717, 1.165) is 0 Å². The zero-order chi connectivity index (χ0) is 21.7. The van der Waals surface area contributed by atoms with E-state index >= 15 is 0 Å². The van der Waals surface area contributed by atoms with E-state index in [2.05, 4.69) is 21.1 Å². The van der Waals surface area contributed by atoms with E-state index in [9.17, 15) is 4.79 Å². The first-order valence-electron chi connectivity index (χ1n) is 8.86. The van der Waals surface area contributed by atoms with E-state index in [1.54, 1.807) is 42.9 Å². The van der Waals surface area contributed by atoms with Crippen molar-refractivity contribution in [1.82, 2.24) is 19.7 Å². The molecule has 0 radical (unpaired) electrons. The third-order valence-corrected chi connectivity index (χ3v) is 4.09. The number of aromatic nitrogens is 4. The predicted molar refractivity (Wildman–Crippen MR) is 107 cm³/mol. The Labute approximate surface area is 173 Å². The Morgan fingerprint density at radius 1 is 1.23 bits per heavy atom. The highest BCUT2D eigenvalue weighted by Crippen LogP contribution is 2.31. The number of hydrogen-bond donors (Lipinski definition) is 0. The van der Waals surface area contributed by atoms with Crippen molar-refractivity contribution in [2.24, 2.45) is 0 Å². The molecule has 0 unspecified atom stereocenters. The van der Waals surface area contributed by atoms with Crippen molar-refractivity contribution in [3.8, 4) is 23.4 Å². The van der Waals surface area contributed by atoms with Gasteiger partial charge >= 0.3 is 5.97 Å². The maximum Gasteiger partial charge on any atom is 0.341 e. The van der Waals surface area contributed by atoms with Gasteiger partial charge in [-0.15, -0.1) is 0 Å². The van der Waals surface area contributed by atoms with Crippen LogP contribution >= 0.6 is 0 Å². The van der Waals surface area contributed by atoms with E-state index in [1.165, 1.54) is 26.7 Å². The number of carbonyl (C=O) groups excluding carboxylic acids is 1. The molecule has 0 saturated heterocycles. The molecule has 0 aliphatic heterocycles. The van der Waals surface area contributed by atoms with Crippen molar-refractivity contribution in [2.75, 3.05) is 14.2 Å². The molecule has 0 amide bonds. The summed E-state index contributed by atoms with van der Waals surface area (Å²) in [5.74, 6) is 0.417. The van der Waals surface area contributed by atoms with Crippen LogP contribution in [0.25, 0.3) is 11.3 Å². The van der Waals surface area contributed by atoms with Gasteiger partial charge in [-0.05, 0) is 32.0 Å². The number of aryl methyl sites for hydroxylation is 2. The number of benzene rings is 1. The Balaban J connectivity index is 2.01. The molecular formula is C21H19N5O4. The van der Waals surface area contributed by atoms with Gasteiger partial charge in [0.15, 0.2) is 5.75 Å². The second kappa shape index (κ2) is 8.87. The van der Waals surface area contributed by atoms with E-state index < -0.39 is 5.97 Å². The number of nitriles is 1. The van der Waals surface area contributed by atoms with Crippen LogP contribution in [0.4, 0.5) is 0 Å². The zero-order valence-electron chi connectivity index (χ0n) is 16.9. The van der Waals surface area contributed by atoms with E-state index in [0.29, 0.717) is 34.1 Å². The number of methoxy groups -OCH3 is 2. The average molecular weight is 405 g/mol. The normalized spacial score (nSPS) is 11.0. The average Bonchev–Trinajstić information content (AvgIpc) is 3.20. The number of carbonyl (C=O) groups is 1. The summed E-state index contributed by atoms with van der Waals surface area (Å²) in [6.07, 6.45) is 4.41. The first-order valence-corrected chi connectivity index (χ1v) is 8.86. The molecule has 2 heterocycles. The van der Waals surface area contributed by atoms with Crippen LogP contribution in [0, 0.1) is 25.2 Å². The Hall–Kier alpha value is -4.19. The van der Waals surface area contributed by atoms with Crippen LogP contribution in [0.3, 0.4) is 0 Å². The molecule has 2 aromatic heterocycles. The molecule has 152 valence electrons. The summed E-state index contributed by atoms with van der Waals surface area (Å²) in [5.41, 5.74) is 2.23. The fourth-order valence-corrected chi connectivity index (χ4v) is 2.83. The SMILES string of the molecule is CO/C=C(\C(=O)OC)c1c(C)nc(C)nc1Oc1cnn(-c2cccc(C#N)c2)c1. The largest absolute Gasteiger partial charge is 0.503 e. The summed E-state index contributed by atoms with van der Waals surface area (Å²) >= 11 is 0. The summed E-state index contributed by atoms with van der Waals surface area (Å²) in [4.78, 5) is 20.9. The molecule has 0 saturated carbocycles. The Bertz CT molecular complexity index is 1160. The van der Waals surface area contributed by atoms with Crippen molar-refractivity contribution >= 4 is 11.5 Å². The fraction of sp³-hybridized carbons (Fsp3) is 0.190. The molecule has 0 atom stereocenters. The molecule has 0 fully saturated rings. The number of esters is 1. The minimum atomic E-state index is -0.610. The first kappa shape index (κ1) is 20.5. The number of rotatable bonds is 6. The minimum absolute atomic E-state index is 0.126. The lowest BCUT2D eigenvalue weighted by Gasteiger charge is -2.13. The molecule has 3 aromatic rings. The summed E-state index contributed by atoms with van der Waals surface area (Å²) in [7, 11) is 2.70. The highest BCUT2D eigenvalue weighted by atomic mass is 16.5. The molecule has 0 N–H and O–H groups in total. The quantitative estimate of drug-likeness (QED) is 0.349. The highest BCUT2D eigenvalue weighted by Gasteiger charge is 2.24. The molecule has 1 aromatic carbocycles. The molecule has 0 aliphatic rings.